The number of carbonyl (C=O) groups excluding carboxylic acids is 2. The Bertz CT molecular complexity index is 1150. The van der Waals surface area contributed by atoms with Crippen molar-refractivity contribution in [2.75, 3.05) is 16.8 Å². The predicted octanol–water partition coefficient (Wildman–Crippen LogP) is 4.32. The quantitative estimate of drug-likeness (QED) is 0.564. The number of aromatic nitrogens is 2. The van der Waals surface area contributed by atoms with E-state index in [4.69, 9.17) is 16.0 Å². The van der Waals surface area contributed by atoms with Crippen LogP contribution in [0.1, 0.15) is 23.8 Å². The minimum absolute atomic E-state index is 0.0706. The van der Waals surface area contributed by atoms with Gasteiger partial charge < -0.3 is 14.1 Å². The van der Waals surface area contributed by atoms with Crippen molar-refractivity contribution in [1.29, 1.82) is 0 Å². The molecule has 1 aliphatic rings. The van der Waals surface area contributed by atoms with E-state index >= 15 is 0 Å². The summed E-state index contributed by atoms with van der Waals surface area (Å²) in [6.07, 6.45) is -4.64. The zero-order chi connectivity index (χ0) is 23.6. The smallest absolute Gasteiger partial charge is 0.407 e. The number of ether oxygens (including phenoxy) is 1. The summed E-state index contributed by atoms with van der Waals surface area (Å²) in [5.41, 5.74) is 1.16. The Kier molecular flexibility index (Phi) is 6.23. The van der Waals surface area contributed by atoms with E-state index in [0.717, 1.165) is 17.7 Å². The van der Waals surface area contributed by atoms with E-state index in [-0.39, 0.29) is 48.9 Å². The average Bonchev–Trinajstić information content (AvgIpc) is 3.36. The molecule has 12 heteroatoms. The average molecular weight is 481 g/mol. The van der Waals surface area contributed by atoms with Gasteiger partial charge in [0.2, 0.25) is 17.7 Å². The van der Waals surface area contributed by atoms with E-state index in [1.165, 1.54) is 17.0 Å². The van der Waals surface area contributed by atoms with Crippen molar-refractivity contribution in [3.63, 3.8) is 0 Å². The minimum Gasteiger partial charge on any atom is -0.407 e. The molecule has 8 nitrogen and oxygen atoms in total. The van der Waals surface area contributed by atoms with Gasteiger partial charge in [0.1, 0.15) is 5.75 Å². The molecule has 1 saturated heterocycles. The third kappa shape index (κ3) is 5.80. The Morgan fingerprint density at radius 1 is 1.15 bits per heavy atom. The molecule has 1 aromatic heterocycles. The second-order valence-corrected chi connectivity index (χ2v) is 7.68. The standard InChI is InChI=1S/C21H16ClF3N4O4/c22-14-3-1-12(2-4-14)9-17(30)26-20-28-27-19(32-20)13-10-18(31)29(11-13)15-5-7-16(8-6-15)33-21(23,24)25/h1-8,13H,9-11H2,(H,26,28,30)/t13-/m1/s1. The summed E-state index contributed by atoms with van der Waals surface area (Å²) in [7, 11) is 0. The molecule has 1 aliphatic heterocycles. The van der Waals surface area contributed by atoms with Gasteiger partial charge in [0, 0.05) is 23.7 Å². The summed E-state index contributed by atoms with van der Waals surface area (Å²) in [6.45, 7) is 0.193. The van der Waals surface area contributed by atoms with Crippen molar-refractivity contribution in [1.82, 2.24) is 10.2 Å². The number of carbonyl (C=O) groups is 2. The van der Waals surface area contributed by atoms with Crippen molar-refractivity contribution < 1.29 is 31.9 Å². The largest absolute Gasteiger partial charge is 0.573 e. The second-order valence-electron chi connectivity index (χ2n) is 7.24. The molecule has 0 radical (unpaired) electrons. The summed E-state index contributed by atoms with van der Waals surface area (Å²) in [5.74, 6) is -1.26. The van der Waals surface area contributed by atoms with Gasteiger partial charge in [0.15, 0.2) is 0 Å². The van der Waals surface area contributed by atoms with Crippen molar-refractivity contribution in [3.05, 3.63) is 65.0 Å². The second kappa shape index (κ2) is 9.10. The van der Waals surface area contributed by atoms with Gasteiger partial charge in [-0.3, -0.25) is 14.9 Å². The first-order valence-corrected chi connectivity index (χ1v) is 10.1. The summed E-state index contributed by atoms with van der Waals surface area (Å²) >= 11 is 5.82. The van der Waals surface area contributed by atoms with Crippen molar-refractivity contribution in [2.45, 2.75) is 25.1 Å². The minimum atomic E-state index is -4.80. The highest BCUT2D eigenvalue weighted by atomic mass is 35.5. The van der Waals surface area contributed by atoms with Crippen LogP contribution in [0.3, 0.4) is 0 Å². The number of benzene rings is 2. The first-order valence-electron chi connectivity index (χ1n) is 9.70. The van der Waals surface area contributed by atoms with Gasteiger partial charge in [-0.1, -0.05) is 28.8 Å². The van der Waals surface area contributed by atoms with Gasteiger partial charge in [-0.25, -0.2) is 0 Å². The van der Waals surface area contributed by atoms with E-state index in [1.54, 1.807) is 24.3 Å². The van der Waals surface area contributed by atoms with Crippen LogP contribution in [0.25, 0.3) is 0 Å². The number of nitrogens with one attached hydrogen (secondary N) is 1. The van der Waals surface area contributed by atoms with Gasteiger partial charge >= 0.3 is 12.4 Å². The number of alkyl halides is 3. The number of nitrogens with zero attached hydrogens (tertiary/aromatic N) is 3. The highest BCUT2D eigenvalue weighted by Gasteiger charge is 2.35. The van der Waals surface area contributed by atoms with Gasteiger partial charge in [-0.05, 0) is 42.0 Å². The molecule has 1 atom stereocenters. The lowest BCUT2D eigenvalue weighted by Crippen LogP contribution is -2.24. The molecule has 0 aliphatic carbocycles. The molecular weight excluding hydrogens is 465 g/mol. The molecule has 4 rings (SSSR count). The Hall–Kier alpha value is -3.60. The maximum Gasteiger partial charge on any atom is 0.573 e. The van der Waals surface area contributed by atoms with Crippen LogP contribution in [0.2, 0.25) is 5.02 Å². The lowest BCUT2D eigenvalue weighted by atomic mass is 10.1. The predicted molar refractivity (Wildman–Crippen MR) is 111 cm³/mol. The van der Waals surface area contributed by atoms with Crippen LogP contribution >= 0.6 is 11.6 Å². The highest BCUT2D eigenvalue weighted by Crippen LogP contribution is 2.33. The number of amides is 2. The fraction of sp³-hybridized carbons (Fsp3) is 0.238. The fourth-order valence-corrected chi connectivity index (χ4v) is 3.48. The summed E-state index contributed by atoms with van der Waals surface area (Å²) in [5, 5.41) is 10.8. The van der Waals surface area contributed by atoms with Crippen LogP contribution in [-0.2, 0) is 16.0 Å². The van der Waals surface area contributed by atoms with Gasteiger partial charge in [0.25, 0.3) is 0 Å². The normalized spacial score (nSPS) is 16.2. The molecule has 0 saturated carbocycles. The van der Waals surface area contributed by atoms with Gasteiger partial charge in [0.05, 0.1) is 12.3 Å². The molecule has 0 spiro atoms. The summed E-state index contributed by atoms with van der Waals surface area (Å²) in [6, 6.07) is 11.7. The zero-order valence-electron chi connectivity index (χ0n) is 16.8. The first kappa shape index (κ1) is 22.6. The Labute approximate surface area is 190 Å². The number of hydrogen-bond acceptors (Lipinski definition) is 6. The van der Waals surface area contributed by atoms with E-state index in [9.17, 15) is 22.8 Å². The van der Waals surface area contributed by atoms with Crippen LogP contribution in [0.4, 0.5) is 24.9 Å². The molecule has 0 unspecified atom stereocenters. The Morgan fingerprint density at radius 2 is 1.85 bits per heavy atom. The molecule has 1 fully saturated rings. The summed E-state index contributed by atoms with van der Waals surface area (Å²) in [4.78, 5) is 26.0. The summed E-state index contributed by atoms with van der Waals surface area (Å²) < 4.78 is 46.3. The molecule has 172 valence electrons. The van der Waals surface area contributed by atoms with Gasteiger partial charge in [-0.15, -0.1) is 18.3 Å². The van der Waals surface area contributed by atoms with E-state index in [2.05, 4.69) is 20.3 Å². The van der Waals surface area contributed by atoms with Crippen molar-refractivity contribution in [3.8, 4) is 5.75 Å². The van der Waals surface area contributed by atoms with Crippen molar-refractivity contribution in [2.24, 2.45) is 0 Å². The van der Waals surface area contributed by atoms with E-state index in [1.807, 2.05) is 0 Å². The molecule has 2 aromatic carbocycles. The number of rotatable bonds is 6. The number of hydrogen-bond donors (Lipinski definition) is 1. The highest BCUT2D eigenvalue weighted by molar-refractivity contribution is 6.30. The molecule has 33 heavy (non-hydrogen) atoms. The van der Waals surface area contributed by atoms with Crippen LogP contribution < -0.4 is 15.0 Å². The maximum absolute atomic E-state index is 12.4. The van der Waals surface area contributed by atoms with Crippen molar-refractivity contribution >= 4 is 35.1 Å². The Morgan fingerprint density at radius 3 is 2.52 bits per heavy atom. The molecular formula is C21H16ClF3N4O4. The van der Waals surface area contributed by atoms with Crippen LogP contribution in [0.15, 0.2) is 52.9 Å². The molecule has 1 N–H and O–H groups in total. The molecule has 0 bridgehead atoms. The fourth-order valence-electron chi connectivity index (χ4n) is 3.35. The monoisotopic (exact) mass is 480 g/mol. The lowest BCUT2D eigenvalue weighted by Gasteiger charge is -2.17. The van der Waals surface area contributed by atoms with Crippen LogP contribution in [0.5, 0.6) is 5.75 Å². The van der Waals surface area contributed by atoms with E-state index < -0.39 is 12.3 Å². The molecule has 3 aromatic rings. The van der Waals surface area contributed by atoms with Crippen LogP contribution in [0, 0.1) is 0 Å². The molecule has 2 amide bonds. The molecule has 2 heterocycles. The van der Waals surface area contributed by atoms with Crippen LogP contribution in [-0.4, -0.2) is 34.9 Å². The first-order chi connectivity index (χ1) is 15.7. The zero-order valence-corrected chi connectivity index (χ0v) is 17.6. The SMILES string of the molecule is O=C(Cc1ccc(Cl)cc1)Nc1nnc([C@@H]2CC(=O)N(c3ccc(OC(F)(F)F)cc3)C2)o1. The number of halogens is 4. The topological polar surface area (TPSA) is 97.6 Å². The Balaban J connectivity index is 1.36. The third-order valence-electron chi connectivity index (χ3n) is 4.82. The lowest BCUT2D eigenvalue weighted by molar-refractivity contribution is -0.274. The number of anilines is 2. The van der Waals surface area contributed by atoms with E-state index in [0.29, 0.717) is 10.7 Å². The van der Waals surface area contributed by atoms with Gasteiger partial charge in [-0.2, -0.15) is 0 Å². The third-order valence-corrected chi connectivity index (χ3v) is 5.07. The maximum atomic E-state index is 12.4.